The molecule has 1 aromatic rings. The number of hydrogen-bond acceptors (Lipinski definition) is 5. The minimum Gasteiger partial charge on any atom is -0.384 e. The highest BCUT2D eigenvalue weighted by molar-refractivity contribution is 7.92. The summed E-state index contributed by atoms with van der Waals surface area (Å²) in [5, 5.41) is 3.07. The third kappa shape index (κ3) is 4.18. The molecule has 2 N–H and O–H groups in total. The molecule has 1 aromatic carbocycles. The molecule has 1 aliphatic rings. The van der Waals surface area contributed by atoms with E-state index in [9.17, 15) is 16.8 Å². The molecule has 0 radical (unpaired) electrons. The van der Waals surface area contributed by atoms with Crippen LogP contribution in [0.25, 0.3) is 0 Å². The van der Waals surface area contributed by atoms with Crippen LogP contribution in [0.3, 0.4) is 0 Å². The molecule has 1 fully saturated rings. The van der Waals surface area contributed by atoms with Gasteiger partial charge in [0.15, 0.2) is 9.84 Å². The van der Waals surface area contributed by atoms with E-state index in [2.05, 4.69) is 10.0 Å². The van der Waals surface area contributed by atoms with Crippen molar-refractivity contribution in [3.05, 3.63) is 24.3 Å². The zero-order valence-electron chi connectivity index (χ0n) is 11.9. The van der Waals surface area contributed by atoms with Crippen molar-refractivity contribution in [2.75, 3.05) is 23.4 Å². The second-order valence-corrected chi connectivity index (χ2v) is 9.06. The minimum absolute atomic E-state index is 0.0376. The summed E-state index contributed by atoms with van der Waals surface area (Å²) in [5.74, 6) is -0.0906. The molecule has 8 heteroatoms. The number of nitrogens with one attached hydrogen (secondary N) is 2. The number of benzene rings is 1. The molecule has 1 saturated heterocycles. The molecule has 1 heterocycles. The van der Waals surface area contributed by atoms with Gasteiger partial charge in [-0.3, -0.25) is 0 Å². The van der Waals surface area contributed by atoms with Crippen LogP contribution >= 0.6 is 0 Å². The van der Waals surface area contributed by atoms with Crippen molar-refractivity contribution in [1.29, 1.82) is 0 Å². The lowest BCUT2D eigenvalue weighted by atomic mass is 10.3. The van der Waals surface area contributed by atoms with Crippen molar-refractivity contribution in [2.45, 2.75) is 30.7 Å². The van der Waals surface area contributed by atoms with Crippen LogP contribution in [0.4, 0.5) is 5.69 Å². The lowest BCUT2D eigenvalue weighted by molar-refractivity contribution is 0.562. The highest BCUT2D eigenvalue weighted by Crippen LogP contribution is 2.22. The predicted molar refractivity (Wildman–Crippen MR) is 82.6 cm³/mol. The molecule has 0 spiro atoms. The number of para-hydroxylation sites is 1. The van der Waals surface area contributed by atoms with Gasteiger partial charge in [-0.05, 0) is 25.0 Å². The van der Waals surface area contributed by atoms with Gasteiger partial charge < -0.3 is 5.32 Å². The van der Waals surface area contributed by atoms with Gasteiger partial charge in [-0.1, -0.05) is 19.1 Å². The molecule has 6 nitrogen and oxygen atoms in total. The van der Waals surface area contributed by atoms with Gasteiger partial charge in [0.05, 0.1) is 17.2 Å². The molecule has 21 heavy (non-hydrogen) atoms. The Labute approximate surface area is 125 Å². The highest BCUT2D eigenvalue weighted by Gasteiger charge is 2.32. The van der Waals surface area contributed by atoms with Gasteiger partial charge in [0.2, 0.25) is 10.0 Å². The Morgan fingerprint density at radius 1 is 1.29 bits per heavy atom. The van der Waals surface area contributed by atoms with Gasteiger partial charge in [0, 0.05) is 12.6 Å². The smallest absolute Gasteiger partial charge is 0.242 e. The molecular weight excluding hydrogens is 312 g/mol. The standard InChI is InChI=1S/C13H20N2O4S2/c1-2-8-14-12-5-3-4-6-13(12)21(18,19)15-11-7-9-20(16,17)10-11/h3-6,11,14-15H,2,7-10H2,1H3. The van der Waals surface area contributed by atoms with E-state index in [1.807, 2.05) is 6.92 Å². The molecule has 1 unspecified atom stereocenters. The first-order chi connectivity index (χ1) is 9.84. The Hall–Kier alpha value is -1.12. The fourth-order valence-electron chi connectivity index (χ4n) is 2.28. The maximum Gasteiger partial charge on any atom is 0.242 e. The van der Waals surface area contributed by atoms with Crippen LogP contribution in [-0.4, -0.2) is 40.9 Å². The molecule has 0 aliphatic carbocycles. The molecule has 0 saturated carbocycles. The number of hydrogen-bond donors (Lipinski definition) is 2. The summed E-state index contributed by atoms with van der Waals surface area (Å²) >= 11 is 0. The van der Waals surface area contributed by atoms with Crippen molar-refractivity contribution >= 4 is 25.5 Å². The number of anilines is 1. The average Bonchev–Trinajstić information content (AvgIpc) is 2.75. The first-order valence-corrected chi connectivity index (χ1v) is 10.2. The van der Waals surface area contributed by atoms with Crippen LogP contribution in [0.2, 0.25) is 0 Å². The Morgan fingerprint density at radius 3 is 2.62 bits per heavy atom. The molecule has 1 atom stereocenters. The predicted octanol–water partition coefficient (Wildman–Crippen LogP) is 0.974. The van der Waals surface area contributed by atoms with Crippen LogP contribution in [0, 0.1) is 0 Å². The third-order valence-electron chi connectivity index (χ3n) is 3.30. The van der Waals surface area contributed by atoms with Crippen molar-refractivity contribution in [3.63, 3.8) is 0 Å². The van der Waals surface area contributed by atoms with Gasteiger partial charge in [-0.25, -0.2) is 21.6 Å². The lowest BCUT2D eigenvalue weighted by Crippen LogP contribution is -2.35. The topological polar surface area (TPSA) is 92.3 Å². The van der Waals surface area contributed by atoms with Gasteiger partial charge in [-0.15, -0.1) is 0 Å². The van der Waals surface area contributed by atoms with Crippen LogP contribution in [-0.2, 0) is 19.9 Å². The molecule has 0 bridgehead atoms. The van der Waals surface area contributed by atoms with Crippen molar-refractivity contribution in [1.82, 2.24) is 4.72 Å². The highest BCUT2D eigenvalue weighted by atomic mass is 32.2. The third-order valence-corrected chi connectivity index (χ3v) is 6.64. The van der Waals surface area contributed by atoms with Crippen LogP contribution in [0.1, 0.15) is 19.8 Å². The number of sulfone groups is 1. The second kappa shape index (κ2) is 6.33. The second-order valence-electron chi connectivity index (χ2n) is 5.14. The molecule has 0 amide bonds. The van der Waals surface area contributed by atoms with E-state index in [1.54, 1.807) is 18.2 Å². The maximum absolute atomic E-state index is 12.4. The summed E-state index contributed by atoms with van der Waals surface area (Å²) in [6.07, 6.45) is 1.20. The van der Waals surface area contributed by atoms with Gasteiger partial charge >= 0.3 is 0 Å². The fourth-order valence-corrected chi connectivity index (χ4v) is 5.51. The molecule has 1 aliphatic heterocycles. The Kier molecular flexibility index (Phi) is 4.90. The maximum atomic E-state index is 12.4. The Bertz CT molecular complexity index is 699. The van der Waals surface area contributed by atoms with Gasteiger partial charge in [0.25, 0.3) is 0 Å². The van der Waals surface area contributed by atoms with Crippen LogP contribution in [0.5, 0.6) is 0 Å². The van der Waals surface area contributed by atoms with E-state index in [4.69, 9.17) is 0 Å². The first-order valence-electron chi connectivity index (χ1n) is 6.90. The van der Waals surface area contributed by atoms with Gasteiger partial charge in [0.1, 0.15) is 4.90 Å². The van der Waals surface area contributed by atoms with E-state index in [1.165, 1.54) is 6.07 Å². The zero-order chi connectivity index (χ0) is 15.5. The number of rotatable bonds is 6. The van der Waals surface area contributed by atoms with E-state index in [-0.39, 0.29) is 16.4 Å². The van der Waals surface area contributed by atoms with Crippen LogP contribution < -0.4 is 10.0 Å². The van der Waals surface area contributed by atoms with E-state index in [0.717, 1.165) is 6.42 Å². The van der Waals surface area contributed by atoms with Crippen LogP contribution in [0.15, 0.2) is 29.2 Å². The summed E-state index contributed by atoms with van der Waals surface area (Å²) in [5.41, 5.74) is 0.535. The van der Waals surface area contributed by atoms with Crippen molar-refractivity contribution in [3.8, 4) is 0 Å². The fraction of sp³-hybridized carbons (Fsp3) is 0.538. The number of sulfonamides is 1. The van der Waals surface area contributed by atoms with E-state index < -0.39 is 25.9 Å². The minimum atomic E-state index is -3.73. The van der Waals surface area contributed by atoms with E-state index in [0.29, 0.717) is 18.7 Å². The SMILES string of the molecule is CCCNc1ccccc1S(=O)(=O)NC1CCS(=O)(=O)C1. The largest absolute Gasteiger partial charge is 0.384 e. The monoisotopic (exact) mass is 332 g/mol. The Balaban J connectivity index is 2.20. The quantitative estimate of drug-likeness (QED) is 0.810. The molecular formula is C13H20N2O4S2. The van der Waals surface area contributed by atoms with Gasteiger partial charge in [-0.2, -0.15) is 0 Å². The Morgan fingerprint density at radius 2 is 2.00 bits per heavy atom. The normalized spacial score (nSPS) is 21.3. The molecule has 118 valence electrons. The average molecular weight is 332 g/mol. The molecule has 2 rings (SSSR count). The molecule has 0 aromatic heterocycles. The zero-order valence-corrected chi connectivity index (χ0v) is 13.5. The first kappa shape index (κ1) is 16.3. The lowest BCUT2D eigenvalue weighted by Gasteiger charge is -2.15. The summed E-state index contributed by atoms with van der Waals surface area (Å²) in [4.78, 5) is 0.155. The van der Waals surface area contributed by atoms with E-state index >= 15 is 0 Å². The summed E-state index contributed by atoms with van der Waals surface area (Å²) in [6, 6.07) is 6.09. The summed E-state index contributed by atoms with van der Waals surface area (Å²) < 4.78 is 50.2. The van der Waals surface area contributed by atoms with Crippen molar-refractivity contribution < 1.29 is 16.8 Å². The summed E-state index contributed by atoms with van der Waals surface area (Å²) in [6.45, 7) is 2.66. The van der Waals surface area contributed by atoms with Crippen molar-refractivity contribution in [2.24, 2.45) is 0 Å². The summed E-state index contributed by atoms with van der Waals surface area (Å²) in [7, 11) is -6.85.